The quantitative estimate of drug-likeness (QED) is 0.433. The molecule has 1 aromatic carbocycles. The Bertz CT molecular complexity index is 1580. The maximum Gasteiger partial charge on any atom is 0.357 e. The molecule has 3 aliphatic rings. The first-order valence-electron chi connectivity index (χ1n) is 13.9. The van der Waals surface area contributed by atoms with E-state index in [2.05, 4.69) is 10.3 Å². The van der Waals surface area contributed by atoms with E-state index in [1.807, 2.05) is 17.9 Å². The monoisotopic (exact) mass is 601 g/mol. The molecule has 3 saturated heterocycles. The highest BCUT2D eigenvalue weighted by molar-refractivity contribution is 7.88. The van der Waals surface area contributed by atoms with Crippen molar-refractivity contribution in [3.05, 3.63) is 53.9 Å². The Morgan fingerprint density at radius 2 is 1.83 bits per heavy atom. The minimum absolute atomic E-state index is 0.0180. The molecule has 3 fully saturated rings. The fraction of sp³-hybridized carbons (Fsp3) is 0.500. The second-order valence-electron chi connectivity index (χ2n) is 11.5. The number of carbonyl (C=O) groups is 1. The molecular formula is C28H33F2N7O4S. The van der Waals surface area contributed by atoms with Crippen LogP contribution in [0.1, 0.15) is 28.9 Å². The van der Waals surface area contributed by atoms with Crippen LogP contribution >= 0.6 is 0 Å². The molecule has 2 aromatic heterocycles. The summed E-state index contributed by atoms with van der Waals surface area (Å²) in [6, 6.07) is 10.4. The van der Waals surface area contributed by atoms with Gasteiger partial charge in [-0.15, -0.1) is 5.06 Å². The Morgan fingerprint density at radius 1 is 1.12 bits per heavy atom. The predicted molar refractivity (Wildman–Crippen MR) is 153 cm³/mol. The normalized spacial score (nSPS) is 21.6. The molecule has 3 aromatic rings. The number of rotatable bonds is 7. The van der Waals surface area contributed by atoms with Crippen LogP contribution in [-0.4, -0.2) is 96.7 Å². The van der Waals surface area contributed by atoms with Gasteiger partial charge < -0.3 is 15.1 Å². The first kappa shape index (κ1) is 28.6. The molecule has 1 N–H and O–H groups in total. The average Bonchev–Trinajstić information content (AvgIpc) is 3.32. The highest BCUT2D eigenvalue weighted by Crippen LogP contribution is 2.48. The highest BCUT2D eigenvalue weighted by Gasteiger charge is 2.59. The smallest absolute Gasteiger partial charge is 0.357 e. The van der Waals surface area contributed by atoms with Crippen LogP contribution in [0, 0.1) is 18.3 Å². The molecule has 0 aliphatic carbocycles. The number of benzene rings is 1. The molecule has 0 saturated carbocycles. The molecule has 42 heavy (non-hydrogen) atoms. The van der Waals surface area contributed by atoms with Gasteiger partial charge in [0, 0.05) is 73.9 Å². The summed E-state index contributed by atoms with van der Waals surface area (Å²) in [5.41, 5.74) is 0.972. The summed E-state index contributed by atoms with van der Waals surface area (Å²) in [5.74, 6) is -0.520. The Balaban J connectivity index is 1.18. The van der Waals surface area contributed by atoms with Crippen molar-refractivity contribution in [3.8, 4) is 0 Å². The van der Waals surface area contributed by atoms with Crippen molar-refractivity contribution >= 4 is 38.7 Å². The third-order valence-corrected chi connectivity index (χ3v) is 9.75. The van der Waals surface area contributed by atoms with Gasteiger partial charge in [-0.2, -0.15) is 0 Å². The molecule has 1 atom stereocenters. The molecule has 1 unspecified atom stereocenters. The van der Waals surface area contributed by atoms with Gasteiger partial charge in [0.2, 0.25) is 22.4 Å². The second kappa shape index (κ2) is 11.0. The molecule has 3 aliphatic heterocycles. The number of hydrogen-bond acceptors (Lipinski definition) is 10. The fourth-order valence-electron chi connectivity index (χ4n) is 6.26. The van der Waals surface area contributed by atoms with Gasteiger partial charge in [-0.25, -0.2) is 41.3 Å². The Morgan fingerprint density at radius 3 is 2.50 bits per heavy atom. The van der Waals surface area contributed by atoms with Crippen LogP contribution in [0.3, 0.4) is 0 Å². The lowest BCUT2D eigenvalue weighted by Crippen LogP contribution is -2.62. The van der Waals surface area contributed by atoms with Crippen molar-refractivity contribution in [2.24, 2.45) is 11.3 Å². The summed E-state index contributed by atoms with van der Waals surface area (Å²) in [6.45, 7) is 3.52. The van der Waals surface area contributed by atoms with Crippen LogP contribution in [-0.2, 0) is 14.9 Å². The van der Waals surface area contributed by atoms with Gasteiger partial charge in [0.1, 0.15) is 5.52 Å². The molecular weight excluding hydrogens is 568 g/mol. The first-order chi connectivity index (χ1) is 20.0. The topological polar surface area (TPSA) is 121 Å². The minimum atomic E-state index is -3.22. The van der Waals surface area contributed by atoms with Crippen molar-refractivity contribution in [1.82, 2.24) is 24.3 Å². The number of pyridine rings is 1. The summed E-state index contributed by atoms with van der Waals surface area (Å²) >= 11 is 0. The summed E-state index contributed by atoms with van der Waals surface area (Å²) in [5, 5.41) is 5.47. The molecule has 1 spiro atoms. The van der Waals surface area contributed by atoms with Gasteiger partial charge >= 0.3 is 5.97 Å². The van der Waals surface area contributed by atoms with Crippen molar-refractivity contribution in [1.29, 1.82) is 0 Å². The number of fused-ring (bicyclic) bond motifs is 1. The van der Waals surface area contributed by atoms with Crippen LogP contribution < -0.4 is 10.2 Å². The largest absolute Gasteiger partial charge is 0.364 e. The van der Waals surface area contributed by atoms with Crippen LogP contribution in [0.15, 0.2) is 42.6 Å². The van der Waals surface area contributed by atoms with Gasteiger partial charge in [-0.1, -0.05) is 18.2 Å². The number of alkyl halides is 2. The standard InChI is InChI=1S/C28H33F2N7O4S/c1-18-12-20-13-31-27(33-21-8-10-37(11-9-21)42(2,39)40)34-23(20)25(32-18)35-15-28(16-35)17-36(14-22(28)24(29)30)41-26(38)19-6-4-3-5-7-19/h3-7,12-13,21-22,24H,8-11,14-17H2,1-2H3,(H,31,33,34). The van der Waals surface area contributed by atoms with Gasteiger partial charge in [0.15, 0.2) is 5.82 Å². The van der Waals surface area contributed by atoms with E-state index in [9.17, 15) is 22.0 Å². The number of sulfonamides is 1. The number of hydroxylamine groups is 2. The van der Waals surface area contributed by atoms with E-state index >= 15 is 0 Å². The Labute approximate surface area is 242 Å². The van der Waals surface area contributed by atoms with Gasteiger partial charge in [0.25, 0.3) is 0 Å². The van der Waals surface area contributed by atoms with Crippen LogP contribution in [0.4, 0.5) is 20.5 Å². The zero-order valence-electron chi connectivity index (χ0n) is 23.4. The van der Waals surface area contributed by atoms with E-state index in [4.69, 9.17) is 14.8 Å². The molecule has 5 heterocycles. The van der Waals surface area contributed by atoms with E-state index in [0.29, 0.717) is 61.9 Å². The Hall–Kier alpha value is -3.49. The number of carbonyl (C=O) groups excluding carboxylic acids is 1. The molecule has 6 rings (SSSR count). The number of aromatic nitrogens is 3. The minimum Gasteiger partial charge on any atom is -0.364 e. The maximum atomic E-state index is 14.2. The van der Waals surface area contributed by atoms with E-state index in [0.717, 1.165) is 11.1 Å². The molecule has 0 radical (unpaired) electrons. The SMILES string of the molecule is Cc1cc2cnc(NC3CCN(S(C)(=O)=O)CC3)nc2c(N2CC3(CN(OC(=O)c4ccccc4)CC3C(F)F)C2)n1. The zero-order valence-corrected chi connectivity index (χ0v) is 24.2. The summed E-state index contributed by atoms with van der Waals surface area (Å²) in [6.07, 6.45) is 1.62. The number of nitrogens with zero attached hydrogens (tertiary/aromatic N) is 6. The number of anilines is 2. The fourth-order valence-corrected chi connectivity index (χ4v) is 7.14. The first-order valence-corrected chi connectivity index (χ1v) is 15.8. The zero-order chi connectivity index (χ0) is 29.6. The number of hydrogen-bond donors (Lipinski definition) is 1. The summed E-state index contributed by atoms with van der Waals surface area (Å²) in [7, 11) is -3.22. The van der Waals surface area contributed by atoms with Crippen LogP contribution in [0.5, 0.6) is 0 Å². The number of nitrogens with one attached hydrogen (secondary N) is 1. The Kier molecular flexibility index (Phi) is 7.48. The van der Waals surface area contributed by atoms with Crippen LogP contribution in [0.2, 0.25) is 0 Å². The second-order valence-corrected chi connectivity index (χ2v) is 13.5. The average molecular weight is 602 g/mol. The maximum absolute atomic E-state index is 14.2. The van der Waals surface area contributed by atoms with Crippen molar-refractivity contribution in [3.63, 3.8) is 0 Å². The lowest BCUT2D eigenvalue weighted by molar-refractivity contribution is -0.102. The molecule has 14 heteroatoms. The third-order valence-electron chi connectivity index (χ3n) is 8.45. The van der Waals surface area contributed by atoms with E-state index < -0.39 is 33.8 Å². The van der Waals surface area contributed by atoms with Crippen molar-refractivity contribution < 1.29 is 26.8 Å². The molecule has 0 amide bonds. The van der Waals surface area contributed by atoms with E-state index in [-0.39, 0.29) is 19.1 Å². The predicted octanol–water partition coefficient (Wildman–Crippen LogP) is 2.94. The molecule has 11 nitrogen and oxygen atoms in total. The number of halogens is 2. The van der Waals surface area contributed by atoms with Gasteiger partial charge in [-0.3, -0.25) is 0 Å². The number of piperidine rings is 1. The van der Waals surface area contributed by atoms with Crippen molar-refractivity contribution in [2.45, 2.75) is 32.2 Å². The van der Waals surface area contributed by atoms with Crippen molar-refractivity contribution in [2.75, 3.05) is 55.7 Å². The summed E-state index contributed by atoms with van der Waals surface area (Å²) in [4.78, 5) is 34.0. The van der Waals surface area contributed by atoms with Crippen LogP contribution in [0.25, 0.3) is 10.9 Å². The van der Waals surface area contributed by atoms with Gasteiger partial charge in [-0.05, 0) is 38.0 Å². The molecule has 224 valence electrons. The van der Waals surface area contributed by atoms with E-state index in [1.54, 1.807) is 36.5 Å². The third kappa shape index (κ3) is 5.62. The van der Waals surface area contributed by atoms with E-state index in [1.165, 1.54) is 15.6 Å². The molecule has 0 bridgehead atoms. The number of aryl methyl sites for hydroxylation is 1. The lowest BCUT2D eigenvalue weighted by atomic mass is 9.71. The summed E-state index contributed by atoms with van der Waals surface area (Å²) < 4.78 is 53.6. The van der Waals surface area contributed by atoms with Gasteiger partial charge in [0.05, 0.1) is 11.8 Å². The highest BCUT2D eigenvalue weighted by atomic mass is 32.2. The lowest BCUT2D eigenvalue weighted by Gasteiger charge is -2.51.